The number of nitrogens with one attached hydrogen (secondary N) is 1. The third kappa shape index (κ3) is 7.15. The molecule has 3 aromatic rings. The zero-order valence-corrected chi connectivity index (χ0v) is 21.6. The second kappa shape index (κ2) is 11.6. The number of H-pyrrole nitrogens is 1. The molecule has 7 nitrogen and oxygen atoms in total. The smallest absolute Gasteiger partial charge is 0.349 e. The van der Waals surface area contributed by atoms with Crippen molar-refractivity contribution in [1.29, 1.82) is 0 Å². The van der Waals surface area contributed by atoms with Gasteiger partial charge in [0.1, 0.15) is 11.4 Å². The van der Waals surface area contributed by atoms with Crippen molar-refractivity contribution in [3.63, 3.8) is 0 Å². The molecular weight excluding hydrogens is 528 g/mol. The highest BCUT2D eigenvalue weighted by Crippen LogP contribution is 2.39. The van der Waals surface area contributed by atoms with E-state index < -0.39 is 41.9 Å². The quantitative estimate of drug-likeness (QED) is 0.365. The number of morpholine rings is 1. The highest BCUT2D eigenvalue weighted by Gasteiger charge is 2.39. The van der Waals surface area contributed by atoms with Crippen LogP contribution in [0.5, 0.6) is 0 Å². The Bertz CT molecular complexity index is 1200. The number of halogens is 6. The van der Waals surface area contributed by atoms with Crippen molar-refractivity contribution in [2.24, 2.45) is 0 Å². The highest BCUT2D eigenvalue weighted by molar-refractivity contribution is 5.34. The number of nitrogens with zero attached hydrogens (tertiary/aromatic N) is 4. The van der Waals surface area contributed by atoms with Crippen molar-refractivity contribution in [1.82, 2.24) is 25.2 Å². The largest absolute Gasteiger partial charge is 0.416 e. The second-order valence-corrected chi connectivity index (χ2v) is 9.64. The summed E-state index contributed by atoms with van der Waals surface area (Å²) < 4.78 is 92.6. The van der Waals surface area contributed by atoms with Gasteiger partial charge in [0.05, 0.1) is 29.9 Å². The summed E-state index contributed by atoms with van der Waals surface area (Å²) in [6.07, 6.45) is -12.0. The number of rotatable bonds is 8. The second-order valence-electron chi connectivity index (χ2n) is 9.64. The van der Waals surface area contributed by atoms with Crippen molar-refractivity contribution < 1.29 is 35.8 Å². The van der Waals surface area contributed by atoms with Crippen molar-refractivity contribution in [2.75, 3.05) is 27.2 Å². The Morgan fingerprint density at radius 1 is 1.00 bits per heavy atom. The molecule has 39 heavy (non-hydrogen) atoms. The highest BCUT2D eigenvalue weighted by atomic mass is 19.4. The maximum Gasteiger partial charge on any atom is 0.416 e. The number of ether oxygens (including phenoxy) is 2. The van der Waals surface area contributed by atoms with Crippen LogP contribution in [-0.4, -0.2) is 58.7 Å². The minimum atomic E-state index is -4.96. The Labute approximate surface area is 221 Å². The van der Waals surface area contributed by atoms with Crippen LogP contribution in [0.2, 0.25) is 0 Å². The Balaban J connectivity index is 1.64. The van der Waals surface area contributed by atoms with Gasteiger partial charge in [0.15, 0.2) is 6.29 Å². The van der Waals surface area contributed by atoms with Gasteiger partial charge in [0, 0.05) is 19.6 Å². The minimum Gasteiger partial charge on any atom is -0.349 e. The van der Waals surface area contributed by atoms with Crippen molar-refractivity contribution in [3.8, 4) is 0 Å². The summed E-state index contributed by atoms with van der Waals surface area (Å²) >= 11 is 0. The third-order valence-corrected chi connectivity index (χ3v) is 6.39. The van der Waals surface area contributed by atoms with E-state index in [-0.39, 0.29) is 18.2 Å². The molecule has 1 aromatic heterocycles. The number of hydrogen-bond donors (Lipinski definition) is 1. The normalized spacial score (nSPS) is 19.9. The molecule has 212 valence electrons. The van der Waals surface area contributed by atoms with Crippen LogP contribution in [-0.2, 0) is 34.9 Å². The maximum atomic E-state index is 13.4. The van der Waals surface area contributed by atoms with Crippen molar-refractivity contribution in [2.45, 2.75) is 50.8 Å². The van der Waals surface area contributed by atoms with Crippen LogP contribution in [0.25, 0.3) is 0 Å². The molecule has 1 unspecified atom stereocenters. The molecule has 1 saturated heterocycles. The molecule has 0 saturated carbocycles. The first-order valence-corrected chi connectivity index (χ1v) is 12.2. The average molecular weight is 558 g/mol. The molecule has 0 amide bonds. The average Bonchev–Trinajstić information content (AvgIpc) is 3.29. The third-order valence-electron chi connectivity index (χ3n) is 6.39. The van der Waals surface area contributed by atoms with E-state index in [9.17, 15) is 26.3 Å². The molecule has 1 fully saturated rings. The molecule has 1 aliphatic heterocycles. The molecule has 1 aliphatic rings. The lowest BCUT2D eigenvalue weighted by molar-refractivity contribution is -0.231. The molecule has 4 rings (SSSR count). The molecule has 2 aromatic carbocycles. The molecule has 0 radical (unpaired) electrons. The summed E-state index contributed by atoms with van der Waals surface area (Å²) in [5.74, 6) is 0. The fourth-order valence-corrected chi connectivity index (χ4v) is 4.51. The molecule has 1 N–H and O–H groups in total. The number of hydrogen-bond acceptors (Lipinski definition) is 6. The van der Waals surface area contributed by atoms with E-state index in [4.69, 9.17) is 9.47 Å². The van der Waals surface area contributed by atoms with Crippen LogP contribution in [0, 0.1) is 0 Å². The topological polar surface area (TPSA) is 66.5 Å². The number of benzene rings is 2. The Morgan fingerprint density at radius 2 is 1.62 bits per heavy atom. The van der Waals surface area contributed by atoms with Crippen LogP contribution in [0.3, 0.4) is 0 Å². The van der Waals surface area contributed by atoms with Gasteiger partial charge in [-0.3, -0.25) is 4.90 Å². The summed E-state index contributed by atoms with van der Waals surface area (Å²) in [6, 6.07) is 10.2. The summed E-state index contributed by atoms with van der Waals surface area (Å²) in [6.45, 7) is 3.06. The predicted octanol–water partition coefficient (Wildman–Crippen LogP) is 5.58. The standard InChI is InChI=1S/C26H29F6N5O2/c1-16(18-11-19(25(27,28)29)13-20(12-18)26(30,31)32)39-24-23(17-7-5-4-6-8-17)37(9-10-38-24)15-22-21(14-36(2)3)33-35-34-22/h4-8,11-13,16,23-24H,9-10,14-15H2,1-3H3,(H,33,34,35)/t16?,23-,24+/m0/s1. The summed E-state index contributed by atoms with van der Waals surface area (Å²) in [5, 5.41) is 11.2. The van der Waals surface area contributed by atoms with Crippen molar-refractivity contribution >= 4 is 0 Å². The van der Waals surface area contributed by atoms with Crippen LogP contribution < -0.4 is 0 Å². The van der Waals surface area contributed by atoms with Gasteiger partial charge in [0.2, 0.25) is 0 Å². The van der Waals surface area contributed by atoms with Gasteiger partial charge in [0.25, 0.3) is 0 Å². The maximum absolute atomic E-state index is 13.4. The lowest BCUT2D eigenvalue weighted by atomic mass is 10.0. The summed E-state index contributed by atoms with van der Waals surface area (Å²) in [5.41, 5.74) is -0.763. The first kappa shape index (κ1) is 29.0. The van der Waals surface area contributed by atoms with Gasteiger partial charge < -0.3 is 14.4 Å². The Hall–Kier alpha value is -3.00. The van der Waals surface area contributed by atoms with E-state index in [0.717, 1.165) is 11.3 Å². The predicted molar refractivity (Wildman–Crippen MR) is 129 cm³/mol. The Kier molecular flexibility index (Phi) is 8.64. The molecule has 13 heteroatoms. The zero-order chi connectivity index (χ0) is 28.4. The molecule has 0 bridgehead atoms. The van der Waals surface area contributed by atoms with Crippen LogP contribution in [0.4, 0.5) is 26.3 Å². The van der Waals surface area contributed by atoms with Gasteiger partial charge in [-0.2, -0.15) is 41.8 Å². The molecular formula is C26H29F6N5O2. The summed E-state index contributed by atoms with van der Waals surface area (Å²) in [7, 11) is 3.81. The molecule has 2 heterocycles. The molecule has 0 aliphatic carbocycles. The van der Waals surface area contributed by atoms with Crippen LogP contribution >= 0.6 is 0 Å². The minimum absolute atomic E-state index is 0.102. The van der Waals surface area contributed by atoms with E-state index in [1.54, 1.807) is 0 Å². The molecule has 0 spiro atoms. The van der Waals surface area contributed by atoms with Crippen LogP contribution in [0.1, 0.15) is 52.7 Å². The van der Waals surface area contributed by atoms with E-state index in [1.165, 1.54) is 6.92 Å². The zero-order valence-electron chi connectivity index (χ0n) is 21.6. The first-order valence-electron chi connectivity index (χ1n) is 12.2. The fourth-order valence-electron chi connectivity index (χ4n) is 4.51. The van der Waals surface area contributed by atoms with Crippen molar-refractivity contribution in [3.05, 3.63) is 82.2 Å². The molecule has 3 atom stereocenters. The van der Waals surface area contributed by atoms with Crippen LogP contribution in [0.15, 0.2) is 48.5 Å². The van der Waals surface area contributed by atoms with Gasteiger partial charge in [-0.05, 0) is 50.3 Å². The monoisotopic (exact) mass is 557 g/mol. The van der Waals surface area contributed by atoms with E-state index >= 15 is 0 Å². The van der Waals surface area contributed by atoms with Gasteiger partial charge in [-0.1, -0.05) is 30.3 Å². The SMILES string of the molecule is CC(O[C@H]1OCCN(Cc2n[nH]nc2CN(C)C)[C@H]1c1ccccc1)c1cc(C(F)(F)F)cc(C(F)(F)F)c1. The number of aromatic nitrogens is 3. The van der Waals surface area contributed by atoms with E-state index in [1.807, 2.05) is 49.3 Å². The number of aromatic amines is 1. The lowest BCUT2D eigenvalue weighted by Crippen LogP contribution is -2.46. The van der Waals surface area contributed by atoms with Gasteiger partial charge in [-0.15, -0.1) is 0 Å². The van der Waals surface area contributed by atoms with Gasteiger partial charge >= 0.3 is 12.4 Å². The lowest BCUT2D eigenvalue weighted by Gasteiger charge is -2.42. The Morgan fingerprint density at radius 3 is 2.21 bits per heavy atom. The first-order chi connectivity index (χ1) is 18.3. The van der Waals surface area contributed by atoms with Gasteiger partial charge in [-0.25, -0.2) is 0 Å². The summed E-state index contributed by atoms with van der Waals surface area (Å²) in [4.78, 5) is 4.01. The number of alkyl halides is 6. The van der Waals surface area contributed by atoms with E-state index in [2.05, 4.69) is 20.3 Å². The fraction of sp³-hybridized carbons (Fsp3) is 0.462. The van der Waals surface area contributed by atoms with E-state index in [0.29, 0.717) is 37.5 Å².